The molecule has 2 aliphatic rings. The van der Waals surface area contributed by atoms with E-state index in [0.717, 1.165) is 24.1 Å². The van der Waals surface area contributed by atoms with E-state index >= 15 is 0 Å². The molecule has 1 saturated carbocycles. The fourth-order valence-electron chi connectivity index (χ4n) is 4.11. The summed E-state index contributed by atoms with van der Waals surface area (Å²) in [4.78, 5) is 27.5. The number of nitrogens with zero attached hydrogens (tertiary/aromatic N) is 1. The van der Waals surface area contributed by atoms with Crippen molar-refractivity contribution < 1.29 is 19.1 Å². The van der Waals surface area contributed by atoms with Crippen LogP contribution in [0.2, 0.25) is 5.02 Å². The molecule has 0 spiro atoms. The fourth-order valence-corrected chi connectivity index (χ4v) is 4.29. The first-order valence-electron chi connectivity index (χ1n) is 11.1. The second-order valence-corrected chi connectivity index (χ2v) is 8.67. The number of nitrogens with one attached hydrogen (secondary N) is 2. The van der Waals surface area contributed by atoms with Crippen LogP contribution in [0.25, 0.3) is 0 Å². The van der Waals surface area contributed by atoms with E-state index in [0.29, 0.717) is 27.8 Å². The molecule has 1 heterocycles. The molecule has 0 unspecified atom stereocenters. The van der Waals surface area contributed by atoms with Crippen molar-refractivity contribution in [2.45, 2.75) is 25.0 Å². The van der Waals surface area contributed by atoms with Gasteiger partial charge in [0.1, 0.15) is 6.17 Å². The first-order chi connectivity index (χ1) is 16.5. The van der Waals surface area contributed by atoms with Crippen LogP contribution >= 0.6 is 11.6 Å². The van der Waals surface area contributed by atoms with Crippen molar-refractivity contribution in [3.63, 3.8) is 0 Å². The Morgan fingerprint density at radius 3 is 2.62 bits per heavy atom. The average molecular weight is 478 g/mol. The highest BCUT2D eigenvalue weighted by molar-refractivity contribution is 6.33. The number of halogens is 1. The van der Waals surface area contributed by atoms with E-state index in [1.807, 2.05) is 41.3 Å². The monoisotopic (exact) mass is 477 g/mol. The molecular formula is C26H24ClN3O4. The molecule has 0 bridgehead atoms. The molecule has 0 aromatic heterocycles. The van der Waals surface area contributed by atoms with E-state index in [1.165, 1.54) is 0 Å². The number of carbonyl (C=O) groups is 2. The van der Waals surface area contributed by atoms with E-state index in [4.69, 9.17) is 21.1 Å². The summed E-state index contributed by atoms with van der Waals surface area (Å²) in [5, 5.41) is 6.68. The number of anilines is 2. The molecule has 8 heteroatoms. The molecule has 3 aromatic rings. The molecule has 5 rings (SSSR count). The lowest BCUT2D eigenvalue weighted by atomic mass is 10.0. The van der Waals surface area contributed by atoms with E-state index in [1.54, 1.807) is 37.4 Å². The topological polar surface area (TPSA) is 79.9 Å². The summed E-state index contributed by atoms with van der Waals surface area (Å²) in [7, 11) is 1.54. The number of amides is 2. The highest BCUT2D eigenvalue weighted by atomic mass is 35.5. The van der Waals surface area contributed by atoms with Crippen molar-refractivity contribution in [2.75, 3.05) is 24.4 Å². The van der Waals surface area contributed by atoms with Crippen LogP contribution in [-0.4, -0.2) is 36.5 Å². The van der Waals surface area contributed by atoms with Crippen LogP contribution in [-0.2, 0) is 4.79 Å². The Kier molecular flexibility index (Phi) is 6.02. The van der Waals surface area contributed by atoms with Crippen LogP contribution in [0.5, 0.6) is 11.5 Å². The Balaban J connectivity index is 1.34. The maximum atomic E-state index is 13.2. The zero-order valence-corrected chi connectivity index (χ0v) is 19.3. The van der Waals surface area contributed by atoms with Crippen LogP contribution in [0.3, 0.4) is 0 Å². The van der Waals surface area contributed by atoms with Crippen molar-refractivity contribution in [3.8, 4) is 11.5 Å². The molecule has 34 heavy (non-hydrogen) atoms. The van der Waals surface area contributed by atoms with Gasteiger partial charge >= 0.3 is 0 Å². The number of carbonyl (C=O) groups excluding carboxylic acids is 2. The third-order valence-electron chi connectivity index (χ3n) is 5.91. The maximum Gasteiger partial charge on any atom is 0.262 e. The second-order valence-electron chi connectivity index (χ2n) is 8.26. The maximum absolute atomic E-state index is 13.2. The highest BCUT2D eigenvalue weighted by Gasteiger charge is 2.42. The van der Waals surface area contributed by atoms with Crippen LogP contribution in [0, 0.1) is 0 Å². The van der Waals surface area contributed by atoms with Gasteiger partial charge in [-0.2, -0.15) is 0 Å². The predicted molar refractivity (Wildman–Crippen MR) is 131 cm³/mol. The zero-order valence-electron chi connectivity index (χ0n) is 18.6. The third-order valence-corrected chi connectivity index (χ3v) is 6.24. The van der Waals surface area contributed by atoms with Gasteiger partial charge in [0.15, 0.2) is 18.1 Å². The Morgan fingerprint density at radius 1 is 1.09 bits per heavy atom. The van der Waals surface area contributed by atoms with Crippen molar-refractivity contribution in [3.05, 3.63) is 82.9 Å². The van der Waals surface area contributed by atoms with Crippen molar-refractivity contribution >= 4 is 34.8 Å². The van der Waals surface area contributed by atoms with Crippen molar-refractivity contribution in [2.24, 2.45) is 0 Å². The molecule has 0 saturated heterocycles. The van der Waals surface area contributed by atoms with Crippen LogP contribution in [0.4, 0.5) is 11.4 Å². The molecule has 0 radical (unpaired) electrons. The Labute approximate surface area is 202 Å². The van der Waals surface area contributed by atoms with Crippen molar-refractivity contribution in [1.82, 2.24) is 4.90 Å². The molecule has 2 amide bonds. The normalized spacial score (nSPS) is 16.9. The van der Waals surface area contributed by atoms with Crippen LogP contribution < -0.4 is 20.1 Å². The molecule has 1 fully saturated rings. The molecular weight excluding hydrogens is 454 g/mol. The fraction of sp³-hybridized carbons (Fsp3) is 0.231. The molecule has 1 aliphatic carbocycles. The molecule has 1 aliphatic heterocycles. The molecule has 1 atom stereocenters. The van der Waals surface area contributed by atoms with Gasteiger partial charge < -0.3 is 25.0 Å². The Hall–Kier alpha value is -3.71. The van der Waals surface area contributed by atoms with Gasteiger partial charge in [-0.15, -0.1) is 0 Å². The van der Waals surface area contributed by atoms with Crippen LogP contribution in [0.15, 0.2) is 66.7 Å². The minimum atomic E-state index is -0.338. The molecule has 3 aromatic carbocycles. The van der Waals surface area contributed by atoms with E-state index in [9.17, 15) is 9.59 Å². The largest absolute Gasteiger partial charge is 0.493 e. The van der Waals surface area contributed by atoms with Gasteiger partial charge in [-0.1, -0.05) is 41.9 Å². The van der Waals surface area contributed by atoms with E-state index < -0.39 is 0 Å². The lowest BCUT2D eigenvalue weighted by molar-refractivity contribution is -0.118. The van der Waals surface area contributed by atoms with Gasteiger partial charge in [0.2, 0.25) is 0 Å². The number of ether oxygens (including phenoxy) is 2. The number of benzene rings is 3. The zero-order chi connectivity index (χ0) is 23.7. The number of para-hydroxylation sites is 2. The number of hydrogen-bond acceptors (Lipinski definition) is 5. The van der Waals surface area contributed by atoms with Gasteiger partial charge in [0.05, 0.1) is 23.4 Å². The minimum absolute atomic E-state index is 0.0254. The highest BCUT2D eigenvalue weighted by Crippen LogP contribution is 2.42. The smallest absolute Gasteiger partial charge is 0.262 e. The SMILES string of the molecule is COc1cc([C@H]2Nc3ccccc3C(=O)N2C2CC2)ccc1OCC(=O)Nc1ccccc1Cl. The van der Waals surface area contributed by atoms with Gasteiger partial charge in [-0.3, -0.25) is 9.59 Å². The Bertz CT molecular complexity index is 1240. The second kappa shape index (κ2) is 9.27. The van der Waals surface area contributed by atoms with E-state index in [2.05, 4.69) is 10.6 Å². The third kappa shape index (κ3) is 4.39. The van der Waals surface area contributed by atoms with Gasteiger partial charge in [-0.05, 0) is 54.8 Å². The molecule has 7 nitrogen and oxygen atoms in total. The van der Waals surface area contributed by atoms with E-state index in [-0.39, 0.29) is 30.6 Å². The Morgan fingerprint density at radius 2 is 1.85 bits per heavy atom. The average Bonchev–Trinajstić information content (AvgIpc) is 3.69. The van der Waals surface area contributed by atoms with Crippen LogP contribution in [0.1, 0.15) is 34.9 Å². The molecule has 2 N–H and O–H groups in total. The predicted octanol–water partition coefficient (Wildman–Crippen LogP) is 5.10. The lowest BCUT2D eigenvalue weighted by Crippen LogP contribution is -2.44. The number of hydrogen-bond donors (Lipinski definition) is 2. The number of methoxy groups -OCH3 is 1. The first-order valence-corrected chi connectivity index (χ1v) is 11.5. The first kappa shape index (κ1) is 22.1. The summed E-state index contributed by atoms with van der Waals surface area (Å²) in [6.07, 6.45) is 1.66. The van der Waals surface area contributed by atoms with Crippen molar-refractivity contribution in [1.29, 1.82) is 0 Å². The van der Waals surface area contributed by atoms with Gasteiger partial charge in [-0.25, -0.2) is 0 Å². The van der Waals surface area contributed by atoms with Gasteiger partial charge in [0.25, 0.3) is 11.8 Å². The summed E-state index contributed by atoms with van der Waals surface area (Å²) >= 11 is 6.10. The molecule has 174 valence electrons. The number of rotatable bonds is 7. The lowest BCUT2D eigenvalue weighted by Gasteiger charge is -2.38. The standard InChI is InChI=1S/C26H24ClN3O4/c1-33-23-14-16(10-13-22(23)34-15-24(31)28-21-9-5-3-7-19(21)27)25-29-20-8-4-2-6-18(20)26(32)30(25)17-11-12-17/h2-10,13-14,17,25,29H,11-12,15H2,1H3,(H,28,31)/t25-/m0/s1. The summed E-state index contributed by atoms with van der Waals surface area (Å²) in [6, 6.07) is 20.3. The summed E-state index contributed by atoms with van der Waals surface area (Å²) in [5.41, 5.74) is 2.89. The minimum Gasteiger partial charge on any atom is -0.493 e. The summed E-state index contributed by atoms with van der Waals surface area (Å²) < 4.78 is 11.3. The number of fused-ring (bicyclic) bond motifs is 1. The summed E-state index contributed by atoms with van der Waals surface area (Å²) in [5.74, 6) is 0.598. The summed E-state index contributed by atoms with van der Waals surface area (Å²) in [6.45, 7) is -0.206. The quantitative estimate of drug-likeness (QED) is 0.495. The van der Waals surface area contributed by atoms with Gasteiger partial charge in [0, 0.05) is 11.7 Å².